The van der Waals surface area contributed by atoms with Crippen molar-refractivity contribution >= 4 is 16.8 Å². The van der Waals surface area contributed by atoms with E-state index in [2.05, 4.69) is 4.98 Å². The highest BCUT2D eigenvalue weighted by Gasteiger charge is 2.09. The Bertz CT molecular complexity index is 797. The molecule has 0 aliphatic heterocycles. The smallest absolute Gasteiger partial charge is 0.250 e. The minimum absolute atomic E-state index is 0.299. The summed E-state index contributed by atoms with van der Waals surface area (Å²) < 4.78 is 12.9. The summed E-state index contributed by atoms with van der Waals surface area (Å²) in [6.45, 7) is 0. The number of primary amides is 1. The number of amides is 1. The largest absolute Gasteiger partial charge is 0.366 e. The van der Waals surface area contributed by atoms with Crippen molar-refractivity contribution in [3.05, 3.63) is 66.0 Å². The van der Waals surface area contributed by atoms with Crippen molar-refractivity contribution < 1.29 is 9.18 Å². The number of carbonyl (C=O) groups is 1. The van der Waals surface area contributed by atoms with Gasteiger partial charge in [-0.15, -0.1) is 0 Å². The highest BCUT2D eigenvalue weighted by Crippen LogP contribution is 2.23. The Labute approximate surface area is 114 Å². The van der Waals surface area contributed by atoms with Gasteiger partial charge in [-0.2, -0.15) is 0 Å². The zero-order valence-electron chi connectivity index (χ0n) is 10.5. The van der Waals surface area contributed by atoms with Crippen LogP contribution in [0.2, 0.25) is 0 Å². The van der Waals surface area contributed by atoms with Crippen LogP contribution in [-0.2, 0) is 0 Å². The molecule has 0 radical (unpaired) electrons. The summed E-state index contributed by atoms with van der Waals surface area (Å²) in [6.07, 6.45) is 0. The van der Waals surface area contributed by atoms with Crippen molar-refractivity contribution in [1.82, 2.24) is 4.98 Å². The number of rotatable bonds is 2. The number of hydrogen-bond acceptors (Lipinski definition) is 2. The Balaban J connectivity index is 2.21. The average Bonchev–Trinajstić information content (AvgIpc) is 2.46. The van der Waals surface area contributed by atoms with Gasteiger partial charge >= 0.3 is 0 Å². The Morgan fingerprint density at radius 1 is 1.00 bits per heavy atom. The molecule has 1 amide bonds. The summed E-state index contributed by atoms with van der Waals surface area (Å²) in [6, 6.07) is 15.0. The molecule has 4 heteroatoms. The van der Waals surface area contributed by atoms with E-state index in [9.17, 15) is 9.18 Å². The quantitative estimate of drug-likeness (QED) is 0.774. The SMILES string of the molecule is NC(=O)c1cccc2ccc(-c3ccc(F)cc3)nc12. The van der Waals surface area contributed by atoms with Crippen LogP contribution in [0.15, 0.2) is 54.6 Å². The van der Waals surface area contributed by atoms with Crippen LogP contribution < -0.4 is 5.73 Å². The maximum Gasteiger partial charge on any atom is 0.250 e. The molecule has 1 aromatic heterocycles. The van der Waals surface area contributed by atoms with Crippen molar-refractivity contribution in [3.8, 4) is 11.3 Å². The fourth-order valence-corrected chi connectivity index (χ4v) is 2.13. The van der Waals surface area contributed by atoms with Gasteiger partial charge in [-0.05, 0) is 36.4 Å². The summed E-state index contributed by atoms with van der Waals surface area (Å²) in [5, 5.41) is 0.840. The van der Waals surface area contributed by atoms with Crippen molar-refractivity contribution in [2.45, 2.75) is 0 Å². The Morgan fingerprint density at radius 3 is 2.45 bits per heavy atom. The number of benzene rings is 2. The van der Waals surface area contributed by atoms with Crippen molar-refractivity contribution in [2.75, 3.05) is 0 Å². The predicted molar refractivity (Wildman–Crippen MR) is 75.7 cm³/mol. The van der Waals surface area contributed by atoms with Crippen LogP contribution in [0.1, 0.15) is 10.4 Å². The second-order valence-corrected chi connectivity index (χ2v) is 4.44. The summed E-state index contributed by atoms with van der Waals surface area (Å²) >= 11 is 0. The van der Waals surface area contributed by atoms with Gasteiger partial charge in [-0.1, -0.05) is 18.2 Å². The van der Waals surface area contributed by atoms with E-state index < -0.39 is 5.91 Å². The molecule has 3 nitrogen and oxygen atoms in total. The van der Waals surface area contributed by atoms with Gasteiger partial charge in [0.1, 0.15) is 5.82 Å². The van der Waals surface area contributed by atoms with E-state index in [4.69, 9.17) is 5.73 Å². The molecule has 0 aliphatic rings. The molecule has 0 fully saturated rings. The van der Waals surface area contributed by atoms with E-state index in [1.165, 1.54) is 12.1 Å². The highest BCUT2D eigenvalue weighted by molar-refractivity contribution is 6.05. The number of halogens is 1. The molecule has 2 N–H and O–H groups in total. The van der Waals surface area contributed by atoms with Gasteiger partial charge < -0.3 is 5.73 Å². The first-order valence-corrected chi connectivity index (χ1v) is 6.11. The van der Waals surface area contributed by atoms with Crippen LogP contribution in [0.25, 0.3) is 22.2 Å². The van der Waals surface area contributed by atoms with Crippen molar-refractivity contribution in [3.63, 3.8) is 0 Å². The summed E-state index contributed by atoms with van der Waals surface area (Å²) in [7, 11) is 0. The van der Waals surface area contributed by atoms with Gasteiger partial charge in [0.2, 0.25) is 0 Å². The molecule has 1 heterocycles. The molecule has 2 aromatic carbocycles. The van der Waals surface area contributed by atoms with E-state index >= 15 is 0 Å². The lowest BCUT2D eigenvalue weighted by molar-refractivity contribution is 0.100. The fourth-order valence-electron chi connectivity index (χ4n) is 2.13. The zero-order valence-corrected chi connectivity index (χ0v) is 10.5. The lowest BCUT2D eigenvalue weighted by Gasteiger charge is -2.06. The maximum atomic E-state index is 12.9. The first kappa shape index (κ1) is 12.3. The predicted octanol–water partition coefficient (Wildman–Crippen LogP) is 3.14. The molecule has 3 rings (SSSR count). The molecular formula is C16H11FN2O. The third kappa shape index (κ3) is 2.12. The number of fused-ring (bicyclic) bond motifs is 1. The number of nitrogens with zero attached hydrogens (tertiary/aromatic N) is 1. The van der Waals surface area contributed by atoms with Gasteiger partial charge in [0.25, 0.3) is 5.91 Å². The fraction of sp³-hybridized carbons (Fsp3) is 0. The average molecular weight is 266 g/mol. The van der Waals surface area contributed by atoms with Gasteiger partial charge in [-0.3, -0.25) is 4.79 Å². The van der Waals surface area contributed by atoms with Gasteiger partial charge in [0, 0.05) is 10.9 Å². The first-order valence-electron chi connectivity index (χ1n) is 6.11. The number of aromatic nitrogens is 1. The lowest BCUT2D eigenvalue weighted by Crippen LogP contribution is -2.11. The molecular weight excluding hydrogens is 255 g/mol. The van der Waals surface area contributed by atoms with E-state index in [0.717, 1.165) is 10.9 Å². The second-order valence-electron chi connectivity index (χ2n) is 4.44. The summed E-state index contributed by atoms with van der Waals surface area (Å²) in [4.78, 5) is 15.9. The van der Waals surface area contributed by atoms with Crippen molar-refractivity contribution in [2.24, 2.45) is 5.73 Å². The van der Waals surface area contributed by atoms with Crippen LogP contribution in [0.5, 0.6) is 0 Å². The minimum Gasteiger partial charge on any atom is -0.366 e. The molecule has 0 saturated carbocycles. The van der Waals surface area contributed by atoms with E-state index in [0.29, 0.717) is 16.8 Å². The molecule has 0 bridgehead atoms. The normalized spacial score (nSPS) is 10.7. The van der Waals surface area contributed by atoms with Crippen LogP contribution in [0.3, 0.4) is 0 Å². The molecule has 3 aromatic rings. The zero-order chi connectivity index (χ0) is 14.1. The van der Waals surface area contributed by atoms with Crippen LogP contribution >= 0.6 is 0 Å². The lowest BCUT2D eigenvalue weighted by atomic mass is 10.1. The molecule has 0 saturated heterocycles. The van der Waals surface area contributed by atoms with E-state index in [1.54, 1.807) is 24.3 Å². The van der Waals surface area contributed by atoms with Crippen LogP contribution in [0.4, 0.5) is 4.39 Å². The van der Waals surface area contributed by atoms with Gasteiger partial charge in [0.15, 0.2) is 0 Å². The third-order valence-corrected chi connectivity index (χ3v) is 3.13. The molecule has 98 valence electrons. The summed E-state index contributed by atoms with van der Waals surface area (Å²) in [5.74, 6) is -0.813. The topological polar surface area (TPSA) is 56.0 Å². The third-order valence-electron chi connectivity index (χ3n) is 3.13. The van der Waals surface area contributed by atoms with E-state index in [1.807, 2.05) is 18.2 Å². The number of hydrogen-bond donors (Lipinski definition) is 1. The molecule has 0 atom stereocenters. The van der Waals surface area contributed by atoms with Crippen LogP contribution in [0, 0.1) is 5.82 Å². The Hall–Kier alpha value is -2.75. The van der Waals surface area contributed by atoms with Crippen molar-refractivity contribution in [1.29, 1.82) is 0 Å². The monoisotopic (exact) mass is 266 g/mol. The summed E-state index contributed by atoms with van der Waals surface area (Å²) in [5.41, 5.74) is 7.76. The minimum atomic E-state index is -0.514. The molecule has 0 spiro atoms. The Morgan fingerprint density at radius 2 is 1.75 bits per heavy atom. The van der Waals surface area contributed by atoms with Crippen LogP contribution in [-0.4, -0.2) is 10.9 Å². The van der Waals surface area contributed by atoms with Gasteiger partial charge in [-0.25, -0.2) is 9.37 Å². The molecule has 0 aliphatic carbocycles. The number of nitrogens with two attached hydrogens (primary N) is 1. The van der Waals surface area contributed by atoms with E-state index in [-0.39, 0.29) is 5.82 Å². The molecule has 0 unspecified atom stereocenters. The Kier molecular flexibility index (Phi) is 2.91. The molecule has 20 heavy (non-hydrogen) atoms. The highest BCUT2D eigenvalue weighted by atomic mass is 19.1. The number of pyridine rings is 1. The number of carbonyl (C=O) groups excluding carboxylic acids is 1. The number of para-hydroxylation sites is 1. The second kappa shape index (κ2) is 4.74. The first-order chi connectivity index (χ1) is 9.65. The standard InChI is InChI=1S/C16H11FN2O/c17-12-7-4-10(5-8-12)14-9-6-11-2-1-3-13(16(18)20)15(11)19-14/h1-9H,(H2,18,20). The van der Waals surface area contributed by atoms with Gasteiger partial charge in [0.05, 0.1) is 16.8 Å². The maximum absolute atomic E-state index is 12.9.